The molecule has 0 heterocycles. The van der Waals surface area contributed by atoms with Crippen molar-refractivity contribution in [3.05, 3.63) is 42.5 Å². The predicted octanol–water partition coefficient (Wildman–Crippen LogP) is 4.22. The van der Waals surface area contributed by atoms with Crippen LogP contribution in [0, 0.1) is 0 Å². The molecule has 2 N–H and O–H groups in total. The quantitative estimate of drug-likeness (QED) is 0.837. The number of methoxy groups -OCH3 is 1. The van der Waals surface area contributed by atoms with Crippen LogP contribution in [-0.2, 0) is 0 Å². The number of nitrogens with two attached hydrogens (primary N) is 1. The van der Waals surface area contributed by atoms with Gasteiger partial charge in [-0.1, -0.05) is 23.9 Å². The molecule has 0 saturated carbocycles. The van der Waals surface area contributed by atoms with Crippen LogP contribution in [0.15, 0.2) is 52.3 Å². The lowest BCUT2D eigenvalue weighted by Crippen LogP contribution is -2.07. The van der Waals surface area contributed by atoms with Crippen LogP contribution in [-0.4, -0.2) is 13.2 Å². The van der Waals surface area contributed by atoms with Crippen LogP contribution in [0.5, 0.6) is 11.5 Å². The van der Waals surface area contributed by atoms with E-state index in [0.29, 0.717) is 5.69 Å². The minimum atomic E-state index is 0.106. The van der Waals surface area contributed by atoms with Gasteiger partial charge in [-0.15, -0.1) is 0 Å². The molecule has 0 bridgehead atoms. The highest BCUT2D eigenvalue weighted by Gasteiger charge is 2.09. The molecule has 106 valence electrons. The second kappa shape index (κ2) is 6.57. The Morgan fingerprint density at radius 2 is 1.85 bits per heavy atom. The maximum absolute atomic E-state index is 6.17. The van der Waals surface area contributed by atoms with Crippen molar-refractivity contribution in [3.8, 4) is 11.5 Å². The Morgan fingerprint density at radius 1 is 1.10 bits per heavy atom. The summed E-state index contributed by atoms with van der Waals surface area (Å²) in [6.45, 7) is 3.97. The number of ether oxygens (including phenoxy) is 2. The van der Waals surface area contributed by atoms with E-state index in [0.717, 1.165) is 21.3 Å². The molecule has 0 atom stereocenters. The van der Waals surface area contributed by atoms with E-state index in [1.54, 1.807) is 18.9 Å². The Hall–Kier alpha value is -1.81. The van der Waals surface area contributed by atoms with Crippen molar-refractivity contribution >= 4 is 17.4 Å². The fourth-order valence-corrected chi connectivity index (χ4v) is 2.69. The monoisotopic (exact) mass is 289 g/mol. The van der Waals surface area contributed by atoms with Crippen molar-refractivity contribution in [1.82, 2.24) is 0 Å². The van der Waals surface area contributed by atoms with Crippen molar-refractivity contribution in [2.45, 2.75) is 29.7 Å². The van der Waals surface area contributed by atoms with Gasteiger partial charge in [0, 0.05) is 9.79 Å². The first-order chi connectivity index (χ1) is 9.60. The fraction of sp³-hybridized carbons (Fsp3) is 0.250. The zero-order valence-electron chi connectivity index (χ0n) is 11.9. The van der Waals surface area contributed by atoms with Gasteiger partial charge in [0.05, 0.1) is 18.9 Å². The average molecular weight is 289 g/mol. The van der Waals surface area contributed by atoms with Crippen LogP contribution in [0.3, 0.4) is 0 Å². The Balaban J connectivity index is 2.24. The summed E-state index contributed by atoms with van der Waals surface area (Å²) < 4.78 is 10.9. The normalized spacial score (nSPS) is 10.6. The van der Waals surface area contributed by atoms with Crippen LogP contribution >= 0.6 is 11.8 Å². The van der Waals surface area contributed by atoms with Gasteiger partial charge in [-0.05, 0) is 44.2 Å². The number of benzene rings is 2. The molecule has 3 nitrogen and oxygen atoms in total. The molecule has 0 unspecified atom stereocenters. The molecule has 20 heavy (non-hydrogen) atoms. The molecule has 0 amide bonds. The lowest BCUT2D eigenvalue weighted by Gasteiger charge is -2.14. The number of para-hydroxylation sites is 1. The van der Waals surface area contributed by atoms with Crippen molar-refractivity contribution in [3.63, 3.8) is 0 Å². The molecule has 2 aromatic rings. The molecule has 0 aromatic heterocycles. The first-order valence-corrected chi connectivity index (χ1v) is 7.29. The Labute approximate surface area is 124 Å². The largest absolute Gasteiger partial charge is 0.497 e. The van der Waals surface area contributed by atoms with Gasteiger partial charge < -0.3 is 15.2 Å². The number of anilines is 1. The highest BCUT2D eigenvalue weighted by molar-refractivity contribution is 7.99. The van der Waals surface area contributed by atoms with Gasteiger partial charge in [-0.25, -0.2) is 0 Å². The number of rotatable bonds is 5. The molecule has 0 aliphatic carbocycles. The van der Waals surface area contributed by atoms with E-state index in [9.17, 15) is 0 Å². The van der Waals surface area contributed by atoms with Gasteiger partial charge in [0.1, 0.15) is 11.5 Å². The second-order valence-corrected chi connectivity index (χ2v) is 5.73. The van der Waals surface area contributed by atoms with E-state index >= 15 is 0 Å². The molecular weight excluding hydrogens is 270 g/mol. The van der Waals surface area contributed by atoms with E-state index in [1.807, 2.05) is 56.3 Å². The Morgan fingerprint density at radius 3 is 2.55 bits per heavy atom. The molecule has 0 saturated heterocycles. The van der Waals surface area contributed by atoms with E-state index in [4.69, 9.17) is 15.2 Å². The van der Waals surface area contributed by atoms with Gasteiger partial charge in [-0.2, -0.15) is 0 Å². The summed E-state index contributed by atoms with van der Waals surface area (Å²) in [4.78, 5) is 2.06. The SMILES string of the molecule is COc1cccc(Sc2cccc(OC(C)C)c2N)c1. The van der Waals surface area contributed by atoms with E-state index in [1.165, 1.54) is 0 Å². The standard InChI is InChI=1S/C16H19NO2S/c1-11(2)19-14-8-5-9-15(16(14)17)20-13-7-4-6-12(10-13)18-3/h4-11H,17H2,1-3H3. The van der Waals surface area contributed by atoms with Gasteiger partial charge in [0.15, 0.2) is 0 Å². The Kier molecular flexibility index (Phi) is 4.79. The molecule has 2 aromatic carbocycles. The average Bonchev–Trinajstić information content (AvgIpc) is 2.43. The summed E-state index contributed by atoms with van der Waals surface area (Å²) in [5.41, 5.74) is 6.85. The lowest BCUT2D eigenvalue weighted by molar-refractivity contribution is 0.243. The first kappa shape index (κ1) is 14.6. The number of hydrogen-bond acceptors (Lipinski definition) is 4. The van der Waals surface area contributed by atoms with E-state index in [-0.39, 0.29) is 6.10 Å². The summed E-state index contributed by atoms with van der Waals surface area (Å²) in [5, 5.41) is 0. The van der Waals surface area contributed by atoms with Gasteiger partial charge in [0.2, 0.25) is 0 Å². The van der Waals surface area contributed by atoms with E-state index < -0.39 is 0 Å². The molecule has 0 aliphatic heterocycles. The summed E-state index contributed by atoms with van der Waals surface area (Å²) in [6, 6.07) is 13.7. The summed E-state index contributed by atoms with van der Waals surface area (Å²) in [5.74, 6) is 1.57. The molecule has 0 fully saturated rings. The maximum atomic E-state index is 6.17. The highest BCUT2D eigenvalue weighted by atomic mass is 32.2. The maximum Gasteiger partial charge on any atom is 0.143 e. The minimum absolute atomic E-state index is 0.106. The summed E-state index contributed by atoms with van der Waals surface area (Å²) >= 11 is 1.60. The Bertz CT molecular complexity index is 584. The lowest BCUT2D eigenvalue weighted by atomic mass is 10.3. The third-order valence-electron chi connectivity index (χ3n) is 2.66. The summed E-state index contributed by atoms with van der Waals surface area (Å²) in [6.07, 6.45) is 0.106. The molecule has 0 aliphatic rings. The predicted molar refractivity (Wildman–Crippen MR) is 83.7 cm³/mol. The van der Waals surface area contributed by atoms with Crippen LogP contribution in [0.1, 0.15) is 13.8 Å². The summed E-state index contributed by atoms with van der Waals surface area (Å²) in [7, 11) is 1.66. The third kappa shape index (κ3) is 3.61. The molecule has 0 spiro atoms. The number of nitrogen functional groups attached to an aromatic ring is 1. The van der Waals surface area contributed by atoms with Gasteiger partial charge >= 0.3 is 0 Å². The minimum Gasteiger partial charge on any atom is -0.497 e. The van der Waals surface area contributed by atoms with Crippen LogP contribution < -0.4 is 15.2 Å². The van der Waals surface area contributed by atoms with Gasteiger partial charge in [-0.3, -0.25) is 0 Å². The molecule has 4 heteroatoms. The topological polar surface area (TPSA) is 44.5 Å². The first-order valence-electron chi connectivity index (χ1n) is 6.47. The molecule has 2 rings (SSSR count). The smallest absolute Gasteiger partial charge is 0.143 e. The number of hydrogen-bond donors (Lipinski definition) is 1. The third-order valence-corrected chi connectivity index (χ3v) is 3.72. The zero-order chi connectivity index (χ0) is 14.5. The zero-order valence-corrected chi connectivity index (χ0v) is 12.7. The van der Waals surface area contributed by atoms with Crippen molar-refractivity contribution in [2.75, 3.05) is 12.8 Å². The van der Waals surface area contributed by atoms with Crippen LogP contribution in [0.2, 0.25) is 0 Å². The molecule has 0 radical (unpaired) electrons. The highest BCUT2D eigenvalue weighted by Crippen LogP contribution is 2.38. The fourth-order valence-electron chi connectivity index (χ4n) is 1.76. The molecular formula is C16H19NO2S. The van der Waals surface area contributed by atoms with Crippen molar-refractivity contribution in [1.29, 1.82) is 0 Å². The van der Waals surface area contributed by atoms with Crippen LogP contribution in [0.4, 0.5) is 5.69 Å². The van der Waals surface area contributed by atoms with Crippen molar-refractivity contribution < 1.29 is 9.47 Å². The van der Waals surface area contributed by atoms with Gasteiger partial charge in [0.25, 0.3) is 0 Å². The van der Waals surface area contributed by atoms with E-state index in [2.05, 4.69) is 0 Å². The van der Waals surface area contributed by atoms with Crippen LogP contribution in [0.25, 0.3) is 0 Å². The van der Waals surface area contributed by atoms with Crippen molar-refractivity contribution in [2.24, 2.45) is 0 Å². The second-order valence-electron chi connectivity index (χ2n) is 4.62.